The summed E-state index contributed by atoms with van der Waals surface area (Å²) in [6.45, 7) is 5.53. The van der Waals surface area contributed by atoms with E-state index in [2.05, 4.69) is 37.0 Å². The topological polar surface area (TPSA) is 51.0 Å². The van der Waals surface area contributed by atoms with Crippen LogP contribution in [0.25, 0.3) is 0 Å². The Morgan fingerprint density at radius 3 is 2.68 bits per heavy atom. The monoisotopic (exact) mass is 258 g/mol. The van der Waals surface area contributed by atoms with Crippen molar-refractivity contribution in [2.45, 2.75) is 26.2 Å². The van der Waals surface area contributed by atoms with E-state index in [-0.39, 0.29) is 0 Å². The van der Waals surface area contributed by atoms with Crippen molar-refractivity contribution in [3.05, 3.63) is 53.3 Å². The Bertz CT molecular complexity index is 505. The summed E-state index contributed by atoms with van der Waals surface area (Å²) >= 11 is 0. The summed E-state index contributed by atoms with van der Waals surface area (Å²) in [6.07, 6.45) is 2.86. The highest BCUT2D eigenvalue weighted by Crippen LogP contribution is 2.21. The molecule has 2 aromatic rings. The van der Waals surface area contributed by atoms with Crippen molar-refractivity contribution in [2.75, 3.05) is 13.2 Å². The zero-order valence-electron chi connectivity index (χ0n) is 11.6. The fourth-order valence-electron chi connectivity index (χ4n) is 2.13. The number of benzene rings is 1. The molecule has 3 nitrogen and oxygen atoms in total. The van der Waals surface area contributed by atoms with E-state index in [9.17, 15) is 0 Å². The standard InChI is InChI=1S/C16H22N2O/c1-12-5-6-15(10-13(12)2)19-11-14(7-8-17)16-4-3-9-18-16/h3-6,9-10,14,18H,7-8,11,17H2,1-2H3. The van der Waals surface area contributed by atoms with E-state index in [1.165, 1.54) is 16.8 Å². The molecule has 1 atom stereocenters. The van der Waals surface area contributed by atoms with Crippen molar-refractivity contribution in [2.24, 2.45) is 5.73 Å². The molecule has 0 aliphatic carbocycles. The van der Waals surface area contributed by atoms with Crippen LogP contribution in [0.5, 0.6) is 5.75 Å². The second-order valence-electron chi connectivity index (χ2n) is 4.96. The van der Waals surface area contributed by atoms with Crippen molar-refractivity contribution in [3.63, 3.8) is 0 Å². The van der Waals surface area contributed by atoms with Gasteiger partial charge in [0.05, 0.1) is 6.61 Å². The third kappa shape index (κ3) is 3.61. The first-order valence-electron chi connectivity index (χ1n) is 6.74. The summed E-state index contributed by atoms with van der Waals surface area (Å²) in [4.78, 5) is 3.24. The minimum absolute atomic E-state index is 0.321. The number of aryl methyl sites for hydroxylation is 2. The van der Waals surface area contributed by atoms with Crippen LogP contribution < -0.4 is 10.5 Å². The molecule has 3 N–H and O–H groups in total. The van der Waals surface area contributed by atoms with Crippen molar-refractivity contribution in [3.8, 4) is 5.75 Å². The Balaban J connectivity index is 2.00. The molecular weight excluding hydrogens is 236 g/mol. The van der Waals surface area contributed by atoms with Gasteiger partial charge in [0.15, 0.2) is 0 Å². The van der Waals surface area contributed by atoms with Crippen LogP contribution in [-0.4, -0.2) is 18.1 Å². The Hall–Kier alpha value is -1.74. The average molecular weight is 258 g/mol. The van der Waals surface area contributed by atoms with Crippen molar-refractivity contribution >= 4 is 0 Å². The summed E-state index contributed by atoms with van der Waals surface area (Å²) in [5, 5.41) is 0. The van der Waals surface area contributed by atoms with E-state index < -0.39 is 0 Å². The van der Waals surface area contributed by atoms with E-state index in [0.29, 0.717) is 19.1 Å². The number of ether oxygens (including phenoxy) is 1. The smallest absolute Gasteiger partial charge is 0.119 e. The molecule has 2 rings (SSSR count). The number of H-pyrrole nitrogens is 1. The fourth-order valence-corrected chi connectivity index (χ4v) is 2.13. The fraction of sp³-hybridized carbons (Fsp3) is 0.375. The van der Waals surface area contributed by atoms with Gasteiger partial charge in [-0.2, -0.15) is 0 Å². The van der Waals surface area contributed by atoms with E-state index in [1.54, 1.807) is 0 Å². The number of nitrogens with one attached hydrogen (secondary N) is 1. The molecule has 102 valence electrons. The quantitative estimate of drug-likeness (QED) is 0.836. The molecule has 0 radical (unpaired) electrons. The van der Waals surface area contributed by atoms with Gasteiger partial charge in [-0.3, -0.25) is 0 Å². The first-order chi connectivity index (χ1) is 9.20. The van der Waals surface area contributed by atoms with Gasteiger partial charge in [0.1, 0.15) is 5.75 Å². The van der Waals surface area contributed by atoms with Crippen molar-refractivity contribution in [1.29, 1.82) is 0 Å². The Morgan fingerprint density at radius 2 is 2.05 bits per heavy atom. The van der Waals surface area contributed by atoms with Crippen LogP contribution in [-0.2, 0) is 0 Å². The molecule has 0 fully saturated rings. The Morgan fingerprint density at radius 1 is 1.21 bits per heavy atom. The summed E-state index contributed by atoms with van der Waals surface area (Å²) in [7, 11) is 0. The molecule has 1 aromatic heterocycles. The molecule has 0 saturated heterocycles. The zero-order valence-corrected chi connectivity index (χ0v) is 11.6. The van der Waals surface area contributed by atoms with Gasteiger partial charge in [0, 0.05) is 17.8 Å². The first-order valence-corrected chi connectivity index (χ1v) is 6.74. The van der Waals surface area contributed by atoms with Gasteiger partial charge in [-0.15, -0.1) is 0 Å². The molecule has 3 heteroatoms. The molecule has 0 aliphatic rings. The number of hydrogen-bond acceptors (Lipinski definition) is 2. The highest BCUT2D eigenvalue weighted by molar-refractivity contribution is 5.33. The van der Waals surface area contributed by atoms with Crippen LogP contribution in [0, 0.1) is 13.8 Å². The van der Waals surface area contributed by atoms with Gasteiger partial charge in [0.25, 0.3) is 0 Å². The van der Waals surface area contributed by atoms with Gasteiger partial charge in [-0.25, -0.2) is 0 Å². The minimum Gasteiger partial charge on any atom is -0.493 e. The van der Waals surface area contributed by atoms with Crippen molar-refractivity contribution < 1.29 is 4.74 Å². The SMILES string of the molecule is Cc1ccc(OCC(CCN)c2ccc[nH]2)cc1C. The molecular formula is C16H22N2O. The van der Waals surface area contributed by atoms with Gasteiger partial charge in [-0.05, 0) is 62.2 Å². The maximum atomic E-state index is 5.90. The summed E-state index contributed by atoms with van der Waals surface area (Å²) in [5.74, 6) is 1.25. The minimum atomic E-state index is 0.321. The number of aromatic amines is 1. The second-order valence-corrected chi connectivity index (χ2v) is 4.96. The lowest BCUT2D eigenvalue weighted by molar-refractivity contribution is 0.280. The number of rotatable bonds is 6. The number of aromatic nitrogens is 1. The van der Waals surface area contributed by atoms with Crippen LogP contribution >= 0.6 is 0 Å². The normalized spacial score (nSPS) is 12.4. The summed E-state index contributed by atoms with van der Waals surface area (Å²) in [5.41, 5.74) is 9.41. The third-order valence-corrected chi connectivity index (χ3v) is 3.51. The third-order valence-electron chi connectivity index (χ3n) is 3.51. The summed E-state index contributed by atoms with van der Waals surface area (Å²) < 4.78 is 5.90. The molecule has 1 aromatic carbocycles. The predicted molar refractivity (Wildman–Crippen MR) is 78.6 cm³/mol. The average Bonchev–Trinajstić information content (AvgIpc) is 2.92. The van der Waals surface area contributed by atoms with Gasteiger partial charge in [-0.1, -0.05) is 6.07 Å². The van der Waals surface area contributed by atoms with Gasteiger partial charge in [0.2, 0.25) is 0 Å². The van der Waals surface area contributed by atoms with E-state index in [4.69, 9.17) is 10.5 Å². The molecule has 0 spiro atoms. The highest BCUT2D eigenvalue weighted by atomic mass is 16.5. The van der Waals surface area contributed by atoms with Crippen LogP contribution in [0.2, 0.25) is 0 Å². The number of hydrogen-bond donors (Lipinski definition) is 2. The van der Waals surface area contributed by atoms with Gasteiger partial charge < -0.3 is 15.5 Å². The molecule has 0 aliphatic heterocycles. The second kappa shape index (κ2) is 6.43. The van der Waals surface area contributed by atoms with E-state index in [1.807, 2.05) is 18.3 Å². The molecule has 0 bridgehead atoms. The lowest BCUT2D eigenvalue weighted by atomic mass is 10.0. The van der Waals surface area contributed by atoms with Crippen LogP contribution in [0.4, 0.5) is 0 Å². The van der Waals surface area contributed by atoms with Crippen LogP contribution in [0.1, 0.15) is 29.2 Å². The van der Waals surface area contributed by atoms with E-state index in [0.717, 1.165) is 12.2 Å². The predicted octanol–water partition coefficient (Wildman–Crippen LogP) is 3.14. The maximum absolute atomic E-state index is 5.90. The molecule has 1 heterocycles. The van der Waals surface area contributed by atoms with Crippen LogP contribution in [0.15, 0.2) is 36.5 Å². The highest BCUT2D eigenvalue weighted by Gasteiger charge is 2.12. The largest absolute Gasteiger partial charge is 0.493 e. The lowest BCUT2D eigenvalue weighted by Crippen LogP contribution is -2.15. The Labute approximate surface area is 114 Å². The maximum Gasteiger partial charge on any atom is 0.119 e. The Kier molecular flexibility index (Phi) is 4.63. The van der Waals surface area contributed by atoms with Crippen LogP contribution in [0.3, 0.4) is 0 Å². The van der Waals surface area contributed by atoms with E-state index >= 15 is 0 Å². The molecule has 19 heavy (non-hydrogen) atoms. The molecule has 0 amide bonds. The molecule has 0 saturated carbocycles. The molecule has 1 unspecified atom stereocenters. The number of nitrogens with two attached hydrogens (primary N) is 1. The van der Waals surface area contributed by atoms with Crippen molar-refractivity contribution in [1.82, 2.24) is 4.98 Å². The zero-order chi connectivity index (χ0) is 13.7. The lowest BCUT2D eigenvalue weighted by Gasteiger charge is -2.16. The first kappa shape index (κ1) is 13.7. The van der Waals surface area contributed by atoms with Gasteiger partial charge >= 0.3 is 0 Å². The summed E-state index contributed by atoms with van der Waals surface area (Å²) in [6, 6.07) is 10.3.